The van der Waals surface area contributed by atoms with Crippen LogP contribution in [-0.2, 0) is 0 Å². The zero-order valence-electron chi connectivity index (χ0n) is 11.5. The van der Waals surface area contributed by atoms with Gasteiger partial charge in [-0.2, -0.15) is 0 Å². The molecule has 2 heteroatoms. The molecule has 0 heterocycles. The molecule has 3 aliphatic carbocycles. The minimum Gasteiger partial charge on any atom is -0.490 e. The van der Waals surface area contributed by atoms with E-state index in [1.807, 2.05) is 0 Å². The summed E-state index contributed by atoms with van der Waals surface area (Å²) < 4.78 is 5.81. The highest BCUT2D eigenvalue weighted by Gasteiger charge is 2.33. The average molecular weight is 257 g/mol. The Morgan fingerprint density at radius 1 is 0.947 bits per heavy atom. The molecule has 0 bridgehead atoms. The summed E-state index contributed by atoms with van der Waals surface area (Å²) in [5.74, 6) is 2.69. The first-order chi connectivity index (χ1) is 9.38. The van der Waals surface area contributed by atoms with E-state index in [2.05, 4.69) is 29.6 Å². The number of hydrogen-bond donors (Lipinski definition) is 1. The predicted molar refractivity (Wildman–Crippen MR) is 76.6 cm³/mol. The minimum atomic E-state index is 0.505. The molecule has 2 nitrogen and oxygen atoms in total. The molecule has 3 fully saturated rings. The summed E-state index contributed by atoms with van der Waals surface area (Å²) in [7, 11) is 0. The third kappa shape index (κ3) is 2.79. The smallest absolute Gasteiger partial charge is 0.119 e. The number of ether oxygens (including phenoxy) is 1. The van der Waals surface area contributed by atoms with Crippen LogP contribution in [0.1, 0.15) is 50.0 Å². The highest BCUT2D eigenvalue weighted by Crippen LogP contribution is 2.43. The van der Waals surface area contributed by atoms with Crippen LogP contribution >= 0.6 is 0 Å². The number of benzene rings is 1. The Labute approximate surface area is 115 Å². The fourth-order valence-electron chi connectivity index (χ4n) is 3.03. The van der Waals surface area contributed by atoms with Crippen molar-refractivity contribution in [2.45, 2.75) is 56.6 Å². The van der Waals surface area contributed by atoms with Crippen LogP contribution in [0, 0.1) is 5.92 Å². The van der Waals surface area contributed by atoms with E-state index in [-0.39, 0.29) is 0 Å². The summed E-state index contributed by atoms with van der Waals surface area (Å²) in [6.45, 7) is 1.22. The summed E-state index contributed by atoms with van der Waals surface area (Å²) >= 11 is 0. The topological polar surface area (TPSA) is 21.3 Å². The molecule has 2 unspecified atom stereocenters. The molecule has 1 aromatic carbocycles. The molecule has 0 radical (unpaired) electrons. The molecule has 102 valence electrons. The maximum absolute atomic E-state index is 5.81. The van der Waals surface area contributed by atoms with Gasteiger partial charge in [0.2, 0.25) is 0 Å². The Morgan fingerprint density at radius 2 is 1.74 bits per heavy atom. The third-order valence-corrected chi connectivity index (χ3v) is 4.80. The van der Waals surface area contributed by atoms with Crippen molar-refractivity contribution >= 4 is 0 Å². The van der Waals surface area contributed by atoms with E-state index in [9.17, 15) is 0 Å². The van der Waals surface area contributed by atoms with Gasteiger partial charge in [-0.3, -0.25) is 0 Å². The lowest BCUT2D eigenvalue weighted by atomic mass is 9.70. The van der Waals surface area contributed by atoms with Gasteiger partial charge in [-0.1, -0.05) is 12.1 Å². The second kappa shape index (κ2) is 4.82. The summed E-state index contributed by atoms with van der Waals surface area (Å²) in [5.41, 5.74) is 1.51. The van der Waals surface area contributed by atoms with Crippen LogP contribution in [0.15, 0.2) is 24.3 Å². The van der Waals surface area contributed by atoms with Gasteiger partial charge in [0.15, 0.2) is 0 Å². The first-order valence-corrected chi connectivity index (χ1v) is 7.88. The molecule has 2 atom stereocenters. The summed E-state index contributed by atoms with van der Waals surface area (Å²) in [6, 6.07) is 9.74. The molecule has 0 aromatic heterocycles. The number of hydrogen-bond acceptors (Lipinski definition) is 2. The van der Waals surface area contributed by atoms with Gasteiger partial charge in [0.1, 0.15) is 5.75 Å². The Balaban J connectivity index is 1.34. The van der Waals surface area contributed by atoms with Crippen molar-refractivity contribution in [3.05, 3.63) is 29.8 Å². The Morgan fingerprint density at radius 3 is 2.32 bits per heavy atom. The largest absolute Gasteiger partial charge is 0.490 e. The van der Waals surface area contributed by atoms with Crippen LogP contribution in [0.4, 0.5) is 0 Å². The van der Waals surface area contributed by atoms with E-state index in [4.69, 9.17) is 4.74 Å². The van der Waals surface area contributed by atoms with E-state index in [1.165, 1.54) is 50.6 Å². The second-order valence-corrected chi connectivity index (χ2v) is 6.51. The fraction of sp³-hybridized carbons (Fsp3) is 0.647. The molecule has 4 rings (SSSR count). The van der Waals surface area contributed by atoms with E-state index < -0.39 is 0 Å². The predicted octanol–water partition coefficient (Wildman–Crippen LogP) is 3.47. The molecule has 19 heavy (non-hydrogen) atoms. The maximum Gasteiger partial charge on any atom is 0.119 e. The van der Waals surface area contributed by atoms with E-state index in [0.29, 0.717) is 6.10 Å². The van der Waals surface area contributed by atoms with Gasteiger partial charge in [0.05, 0.1) is 6.10 Å². The van der Waals surface area contributed by atoms with Crippen LogP contribution < -0.4 is 10.1 Å². The van der Waals surface area contributed by atoms with Crippen LogP contribution in [0.5, 0.6) is 5.75 Å². The molecule has 3 saturated carbocycles. The third-order valence-electron chi connectivity index (χ3n) is 4.80. The van der Waals surface area contributed by atoms with E-state index in [1.54, 1.807) is 0 Å². The number of rotatable bonds is 6. The van der Waals surface area contributed by atoms with Crippen LogP contribution in [-0.4, -0.2) is 18.7 Å². The Hall–Kier alpha value is -1.02. The van der Waals surface area contributed by atoms with Gasteiger partial charge >= 0.3 is 0 Å². The van der Waals surface area contributed by atoms with Gasteiger partial charge in [-0.25, -0.2) is 0 Å². The van der Waals surface area contributed by atoms with Gasteiger partial charge < -0.3 is 10.1 Å². The van der Waals surface area contributed by atoms with Gasteiger partial charge in [0.25, 0.3) is 0 Å². The molecular weight excluding hydrogens is 234 g/mol. The number of nitrogens with one attached hydrogen (secondary N) is 1. The van der Waals surface area contributed by atoms with Crippen molar-refractivity contribution in [3.63, 3.8) is 0 Å². The SMILES string of the molecule is c1cc(C2CCC2CNC2CC2)ccc1OC1CC1. The van der Waals surface area contributed by atoms with Crippen molar-refractivity contribution in [3.8, 4) is 5.75 Å². The van der Waals surface area contributed by atoms with Crippen molar-refractivity contribution in [1.82, 2.24) is 5.32 Å². The molecular formula is C17H23NO. The van der Waals surface area contributed by atoms with Crippen LogP contribution in [0.25, 0.3) is 0 Å². The monoisotopic (exact) mass is 257 g/mol. The molecule has 0 spiro atoms. The summed E-state index contributed by atoms with van der Waals surface area (Å²) in [6.07, 6.45) is 8.52. The van der Waals surface area contributed by atoms with Crippen molar-refractivity contribution in [2.24, 2.45) is 5.92 Å². The standard InChI is InChI=1S/C17H23NO/c1-6-15(19-16-8-9-16)7-2-12(1)17-10-3-13(17)11-18-14-4-5-14/h1-2,6-7,13-14,16-18H,3-5,8-11H2. The van der Waals surface area contributed by atoms with Gasteiger partial charge in [-0.05, 0) is 74.6 Å². The van der Waals surface area contributed by atoms with E-state index >= 15 is 0 Å². The van der Waals surface area contributed by atoms with Gasteiger partial charge in [0, 0.05) is 6.04 Å². The Bertz CT molecular complexity index is 433. The normalized spacial score (nSPS) is 29.9. The lowest BCUT2D eigenvalue weighted by molar-refractivity contribution is 0.245. The second-order valence-electron chi connectivity index (χ2n) is 6.51. The summed E-state index contributed by atoms with van der Waals surface area (Å²) in [4.78, 5) is 0. The van der Waals surface area contributed by atoms with Gasteiger partial charge in [-0.15, -0.1) is 0 Å². The van der Waals surface area contributed by atoms with Crippen molar-refractivity contribution in [2.75, 3.05) is 6.54 Å². The molecule has 0 amide bonds. The first kappa shape index (κ1) is 11.8. The average Bonchev–Trinajstić information content (AvgIpc) is 3.24. The van der Waals surface area contributed by atoms with Crippen molar-refractivity contribution < 1.29 is 4.74 Å². The molecule has 1 aromatic rings. The minimum absolute atomic E-state index is 0.505. The molecule has 1 N–H and O–H groups in total. The summed E-state index contributed by atoms with van der Waals surface area (Å²) in [5, 5.41) is 3.68. The first-order valence-electron chi connectivity index (χ1n) is 7.88. The van der Waals surface area contributed by atoms with Crippen molar-refractivity contribution in [1.29, 1.82) is 0 Å². The Kier molecular flexibility index (Phi) is 2.99. The molecule has 0 aliphatic heterocycles. The quantitative estimate of drug-likeness (QED) is 0.842. The fourth-order valence-corrected chi connectivity index (χ4v) is 3.03. The zero-order valence-corrected chi connectivity index (χ0v) is 11.5. The molecule has 0 saturated heterocycles. The zero-order chi connectivity index (χ0) is 12.7. The lowest BCUT2D eigenvalue weighted by Gasteiger charge is -2.37. The van der Waals surface area contributed by atoms with Crippen LogP contribution in [0.2, 0.25) is 0 Å². The highest BCUT2D eigenvalue weighted by molar-refractivity contribution is 5.31. The van der Waals surface area contributed by atoms with Crippen LogP contribution in [0.3, 0.4) is 0 Å². The molecule has 3 aliphatic rings. The highest BCUT2D eigenvalue weighted by atomic mass is 16.5. The maximum atomic E-state index is 5.81. The van der Waals surface area contributed by atoms with E-state index in [0.717, 1.165) is 23.6 Å². The lowest BCUT2D eigenvalue weighted by Crippen LogP contribution is -2.34.